The van der Waals surface area contributed by atoms with Crippen LogP contribution in [0.15, 0.2) is 0 Å². The number of rotatable bonds is 6. The minimum Gasteiger partial charge on any atom is -0.315 e. The van der Waals surface area contributed by atoms with Gasteiger partial charge < -0.3 is 5.32 Å². The van der Waals surface area contributed by atoms with Crippen LogP contribution in [0.4, 0.5) is 0 Å². The Hall–Kier alpha value is -0.0800. The summed E-state index contributed by atoms with van der Waals surface area (Å²) in [6, 6.07) is 0.696. The number of nitrogens with zero attached hydrogens (tertiary/aromatic N) is 1. The molecule has 16 heavy (non-hydrogen) atoms. The molecule has 1 N–H and O–H groups in total. The van der Waals surface area contributed by atoms with E-state index in [0.717, 1.165) is 18.4 Å². The van der Waals surface area contributed by atoms with Crippen LogP contribution in [0.1, 0.15) is 47.0 Å². The molecule has 0 spiro atoms. The molecule has 0 aromatic rings. The molecule has 3 unspecified atom stereocenters. The van der Waals surface area contributed by atoms with Crippen LogP contribution in [-0.2, 0) is 0 Å². The molecule has 0 amide bonds. The Morgan fingerprint density at radius 2 is 1.88 bits per heavy atom. The average molecular weight is 226 g/mol. The van der Waals surface area contributed by atoms with Gasteiger partial charge in [0.25, 0.3) is 0 Å². The lowest BCUT2D eigenvalue weighted by molar-refractivity contribution is 0.102. The summed E-state index contributed by atoms with van der Waals surface area (Å²) in [6.45, 7) is 14.3. The molecule has 1 fully saturated rings. The first-order chi connectivity index (χ1) is 7.63. The van der Waals surface area contributed by atoms with Crippen molar-refractivity contribution in [3.63, 3.8) is 0 Å². The molecule has 2 nitrogen and oxygen atoms in total. The van der Waals surface area contributed by atoms with Crippen LogP contribution in [0, 0.1) is 11.8 Å². The summed E-state index contributed by atoms with van der Waals surface area (Å²) in [5, 5.41) is 3.57. The van der Waals surface area contributed by atoms with Crippen molar-refractivity contribution >= 4 is 0 Å². The van der Waals surface area contributed by atoms with E-state index in [1.165, 1.54) is 38.9 Å². The van der Waals surface area contributed by atoms with Gasteiger partial charge in [-0.1, -0.05) is 27.2 Å². The van der Waals surface area contributed by atoms with Crippen molar-refractivity contribution in [1.82, 2.24) is 10.2 Å². The summed E-state index contributed by atoms with van der Waals surface area (Å²) in [7, 11) is 0. The summed E-state index contributed by atoms with van der Waals surface area (Å²) in [4.78, 5) is 2.66. The van der Waals surface area contributed by atoms with Crippen molar-refractivity contribution in [2.45, 2.75) is 53.0 Å². The van der Waals surface area contributed by atoms with Crippen molar-refractivity contribution in [2.75, 3.05) is 26.2 Å². The highest BCUT2D eigenvalue weighted by molar-refractivity contribution is 4.79. The van der Waals surface area contributed by atoms with Gasteiger partial charge in [0.2, 0.25) is 0 Å². The van der Waals surface area contributed by atoms with Gasteiger partial charge in [-0.15, -0.1) is 0 Å². The zero-order chi connectivity index (χ0) is 12.0. The van der Waals surface area contributed by atoms with Crippen molar-refractivity contribution in [3.8, 4) is 0 Å². The van der Waals surface area contributed by atoms with Gasteiger partial charge in [0, 0.05) is 25.7 Å². The molecule has 1 aliphatic rings. The van der Waals surface area contributed by atoms with Crippen LogP contribution in [0.25, 0.3) is 0 Å². The van der Waals surface area contributed by atoms with Gasteiger partial charge >= 0.3 is 0 Å². The Morgan fingerprint density at radius 3 is 2.44 bits per heavy atom. The molecule has 0 aromatic carbocycles. The molecule has 0 bridgehead atoms. The zero-order valence-corrected chi connectivity index (χ0v) is 11.6. The summed E-state index contributed by atoms with van der Waals surface area (Å²) in [5.41, 5.74) is 0. The first-order valence-electron chi connectivity index (χ1n) is 7.08. The van der Waals surface area contributed by atoms with E-state index in [2.05, 4.69) is 37.9 Å². The summed E-state index contributed by atoms with van der Waals surface area (Å²) in [5.74, 6) is 1.75. The smallest absolute Gasteiger partial charge is 0.0192 e. The lowest BCUT2D eigenvalue weighted by Crippen LogP contribution is -2.47. The molecule has 0 saturated carbocycles. The zero-order valence-electron chi connectivity index (χ0n) is 11.6. The number of hydrogen-bond donors (Lipinski definition) is 1. The Balaban J connectivity index is 2.21. The molecule has 1 rings (SSSR count). The van der Waals surface area contributed by atoms with Crippen LogP contribution < -0.4 is 5.32 Å². The summed E-state index contributed by atoms with van der Waals surface area (Å²) >= 11 is 0. The van der Waals surface area contributed by atoms with Gasteiger partial charge in [-0.25, -0.2) is 0 Å². The maximum Gasteiger partial charge on any atom is 0.0192 e. The molecule has 96 valence electrons. The van der Waals surface area contributed by atoms with Gasteiger partial charge in [-0.3, -0.25) is 4.90 Å². The number of likely N-dealkylation sites (tertiary alicyclic amines) is 1. The third-order valence-electron chi connectivity index (χ3n) is 3.67. The molecule has 0 aromatic heterocycles. The van der Waals surface area contributed by atoms with Crippen LogP contribution >= 0.6 is 0 Å². The topological polar surface area (TPSA) is 15.3 Å². The third kappa shape index (κ3) is 4.84. The van der Waals surface area contributed by atoms with Gasteiger partial charge in [0.15, 0.2) is 0 Å². The highest BCUT2D eigenvalue weighted by atomic mass is 15.2. The lowest BCUT2D eigenvalue weighted by atomic mass is 9.91. The van der Waals surface area contributed by atoms with E-state index >= 15 is 0 Å². The van der Waals surface area contributed by atoms with E-state index in [9.17, 15) is 0 Å². The average Bonchev–Trinajstić information content (AvgIpc) is 2.22. The van der Waals surface area contributed by atoms with Crippen molar-refractivity contribution in [2.24, 2.45) is 11.8 Å². The monoisotopic (exact) mass is 226 g/mol. The first-order valence-corrected chi connectivity index (χ1v) is 7.08. The maximum atomic E-state index is 3.57. The predicted molar refractivity (Wildman–Crippen MR) is 71.8 cm³/mol. The van der Waals surface area contributed by atoms with Crippen molar-refractivity contribution < 1.29 is 0 Å². The van der Waals surface area contributed by atoms with E-state index in [1.807, 2.05) is 0 Å². The quantitative estimate of drug-likeness (QED) is 0.701. The number of unbranched alkanes of at least 4 members (excludes halogenated alkanes) is 1. The predicted octanol–water partition coefficient (Wildman–Crippen LogP) is 2.74. The van der Waals surface area contributed by atoms with Crippen molar-refractivity contribution in [3.05, 3.63) is 0 Å². The molecule has 0 aliphatic carbocycles. The molecule has 0 radical (unpaired) electrons. The second kappa shape index (κ2) is 7.29. The largest absolute Gasteiger partial charge is 0.315 e. The van der Waals surface area contributed by atoms with E-state index in [-0.39, 0.29) is 0 Å². The van der Waals surface area contributed by atoms with E-state index in [1.54, 1.807) is 0 Å². The Morgan fingerprint density at radius 1 is 1.25 bits per heavy atom. The molecule has 1 heterocycles. The Labute approximate surface area is 102 Å². The fraction of sp³-hybridized carbons (Fsp3) is 1.00. The summed E-state index contributed by atoms with van der Waals surface area (Å²) in [6.07, 6.45) is 4.01. The molecule has 2 heteroatoms. The van der Waals surface area contributed by atoms with Crippen LogP contribution in [0.3, 0.4) is 0 Å². The highest BCUT2D eigenvalue weighted by Crippen LogP contribution is 2.22. The van der Waals surface area contributed by atoms with E-state index in [0.29, 0.717) is 6.04 Å². The molecule has 3 atom stereocenters. The normalized spacial score (nSPS) is 29.2. The molecular weight excluding hydrogens is 196 g/mol. The number of nitrogens with one attached hydrogen (secondary N) is 1. The summed E-state index contributed by atoms with van der Waals surface area (Å²) < 4.78 is 0. The molecule has 1 aliphatic heterocycles. The second-order valence-corrected chi connectivity index (χ2v) is 5.81. The van der Waals surface area contributed by atoms with Crippen LogP contribution in [0.2, 0.25) is 0 Å². The lowest BCUT2D eigenvalue weighted by Gasteiger charge is -2.39. The Kier molecular flexibility index (Phi) is 6.37. The van der Waals surface area contributed by atoms with Gasteiger partial charge in [-0.05, 0) is 38.1 Å². The van der Waals surface area contributed by atoms with E-state index in [4.69, 9.17) is 0 Å². The minimum absolute atomic E-state index is 0.696. The van der Waals surface area contributed by atoms with Gasteiger partial charge in [0.1, 0.15) is 0 Å². The van der Waals surface area contributed by atoms with Crippen LogP contribution in [0.5, 0.6) is 0 Å². The SMILES string of the molecule is CCCCNCC(C)N1CC(C)CC(C)C1. The van der Waals surface area contributed by atoms with Crippen molar-refractivity contribution in [1.29, 1.82) is 0 Å². The fourth-order valence-electron chi connectivity index (χ4n) is 2.81. The Bertz CT molecular complexity index is 172. The fourth-order valence-corrected chi connectivity index (χ4v) is 2.81. The standard InChI is InChI=1S/C14H30N2/c1-5-6-7-15-9-14(4)16-10-12(2)8-13(3)11-16/h12-15H,5-11H2,1-4H3. The second-order valence-electron chi connectivity index (χ2n) is 5.81. The number of piperidine rings is 1. The van der Waals surface area contributed by atoms with Gasteiger partial charge in [0.05, 0.1) is 0 Å². The van der Waals surface area contributed by atoms with Gasteiger partial charge in [-0.2, -0.15) is 0 Å². The highest BCUT2D eigenvalue weighted by Gasteiger charge is 2.24. The third-order valence-corrected chi connectivity index (χ3v) is 3.67. The first kappa shape index (κ1) is 14.0. The minimum atomic E-state index is 0.696. The van der Waals surface area contributed by atoms with Crippen LogP contribution in [-0.4, -0.2) is 37.1 Å². The maximum absolute atomic E-state index is 3.57. The number of hydrogen-bond acceptors (Lipinski definition) is 2. The van der Waals surface area contributed by atoms with E-state index < -0.39 is 0 Å². The molecule has 1 saturated heterocycles. The molecular formula is C14H30N2.